The second-order valence-corrected chi connectivity index (χ2v) is 2.75. The zero-order valence-corrected chi connectivity index (χ0v) is 9.45. The number of carbonyl (C=O) groups is 3. The molecule has 108 valence electrons. The minimum atomic E-state index is -5.08. The first-order chi connectivity index (χ1) is 8.61. The zero-order chi connectivity index (χ0) is 15.5. The standard InChI is InChI=1S/C7H10N2O3.C2HF3O2/c8-5-6(10)9-4-2-1-3-7(11)12;3-2(4,5)1(6)7/h1,3,5,8H2,(H,9,10)(H,11,12);(H,6,7). The molecule has 10 heteroatoms. The van der Waals surface area contributed by atoms with Crippen molar-refractivity contribution >= 4 is 17.8 Å². The number of nitrogens with two attached hydrogens (primary N) is 1. The number of alkyl halides is 3. The molecule has 0 aliphatic heterocycles. The Morgan fingerprint density at radius 3 is 2.00 bits per heavy atom. The summed E-state index contributed by atoms with van der Waals surface area (Å²) in [7, 11) is 0. The monoisotopic (exact) mass is 284 g/mol. The van der Waals surface area contributed by atoms with Crippen molar-refractivity contribution in [1.82, 2.24) is 5.32 Å². The molecule has 19 heavy (non-hydrogen) atoms. The van der Waals surface area contributed by atoms with Crippen molar-refractivity contribution < 1.29 is 37.8 Å². The molecule has 0 aromatic carbocycles. The van der Waals surface area contributed by atoms with Gasteiger partial charge in [-0.2, -0.15) is 13.2 Å². The lowest BCUT2D eigenvalue weighted by atomic mass is 10.3. The van der Waals surface area contributed by atoms with Crippen molar-refractivity contribution in [2.24, 2.45) is 5.73 Å². The predicted octanol–water partition coefficient (Wildman–Crippen LogP) is -0.480. The summed E-state index contributed by atoms with van der Waals surface area (Å²) in [4.78, 5) is 29.3. The largest absolute Gasteiger partial charge is 0.490 e. The molecule has 0 aromatic heterocycles. The number of halogens is 3. The molecular weight excluding hydrogens is 273 g/mol. The van der Waals surface area contributed by atoms with E-state index in [0.29, 0.717) is 0 Å². The maximum atomic E-state index is 10.6. The molecule has 0 aromatic rings. The highest BCUT2D eigenvalue weighted by atomic mass is 19.4. The Hall–Kier alpha value is -2.28. The number of rotatable bonds is 3. The van der Waals surface area contributed by atoms with Crippen molar-refractivity contribution in [2.45, 2.75) is 19.0 Å². The number of hydrogen-bond donors (Lipinski definition) is 4. The number of aliphatic carboxylic acids is 2. The topological polar surface area (TPSA) is 130 Å². The van der Waals surface area contributed by atoms with Gasteiger partial charge in [0.15, 0.2) is 0 Å². The molecule has 0 atom stereocenters. The van der Waals surface area contributed by atoms with Gasteiger partial charge >= 0.3 is 18.1 Å². The van der Waals surface area contributed by atoms with Crippen LogP contribution >= 0.6 is 0 Å². The zero-order valence-electron chi connectivity index (χ0n) is 9.45. The van der Waals surface area contributed by atoms with Crippen LogP contribution in [0.5, 0.6) is 0 Å². The van der Waals surface area contributed by atoms with Gasteiger partial charge in [-0.25, -0.2) is 4.79 Å². The van der Waals surface area contributed by atoms with E-state index in [1.807, 2.05) is 0 Å². The highest BCUT2D eigenvalue weighted by Crippen LogP contribution is 2.13. The summed E-state index contributed by atoms with van der Waals surface area (Å²) in [5.74, 6) is -1.58. The predicted molar refractivity (Wildman–Crippen MR) is 55.5 cm³/mol. The van der Waals surface area contributed by atoms with E-state index in [4.69, 9.17) is 20.7 Å². The molecule has 0 saturated carbocycles. The minimum absolute atomic E-state index is 0.0223. The van der Waals surface area contributed by atoms with Crippen LogP contribution in [0.15, 0.2) is 0 Å². The van der Waals surface area contributed by atoms with Gasteiger partial charge in [-0.3, -0.25) is 14.9 Å². The van der Waals surface area contributed by atoms with E-state index >= 15 is 0 Å². The van der Waals surface area contributed by atoms with Crippen molar-refractivity contribution in [3.8, 4) is 12.0 Å². The van der Waals surface area contributed by atoms with E-state index in [1.165, 1.54) is 0 Å². The van der Waals surface area contributed by atoms with Crippen molar-refractivity contribution in [3.63, 3.8) is 0 Å². The maximum Gasteiger partial charge on any atom is 0.490 e. The Morgan fingerprint density at radius 2 is 1.68 bits per heavy atom. The van der Waals surface area contributed by atoms with E-state index in [-0.39, 0.29) is 25.3 Å². The van der Waals surface area contributed by atoms with Crippen LogP contribution < -0.4 is 11.1 Å². The third-order valence-electron chi connectivity index (χ3n) is 1.18. The number of nitrogens with one attached hydrogen (secondary N) is 1. The quantitative estimate of drug-likeness (QED) is 0.409. The summed E-state index contributed by atoms with van der Waals surface area (Å²) in [5.41, 5.74) is 4.96. The third kappa shape index (κ3) is 15.7. The van der Waals surface area contributed by atoms with Gasteiger partial charge in [0.25, 0.3) is 0 Å². The Kier molecular flexibility index (Phi) is 9.76. The van der Waals surface area contributed by atoms with E-state index in [0.717, 1.165) is 0 Å². The lowest BCUT2D eigenvalue weighted by Gasteiger charge is -1.93. The molecule has 0 unspecified atom stereocenters. The molecular formula is C9H11F3N2O5. The van der Waals surface area contributed by atoms with Crippen LogP contribution in [-0.4, -0.2) is 40.8 Å². The van der Waals surface area contributed by atoms with Crippen molar-refractivity contribution in [1.29, 1.82) is 0 Å². The number of carboxylic acids is 2. The summed E-state index contributed by atoms with van der Waals surface area (Å²) in [6.45, 7) is -0.117. The molecule has 0 bridgehead atoms. The van der Waals surface area contributed by atoms with E-state index < -0.39 is 18.1 Å². The van der Waals surface area contributed by atoms with Crippen LogP contribution in [0, 0.1) is 12.0 Å². The van der Waals surface area contributed by atoms with Gasteiger partial charge in [-0.05, 0) is 0 Å². The minimum Gasteiger partial charge on any atom is -0.481 e. The summed E-state index contributed by atoms with van der Waals surface area (Å²) < 4.78 is 31.7. The van der Waals surface area contributed by atoms with Crippen LogP contribution in [0.25, 0.3) is 0 Å². The van der Waals surface area contributed by atoms with Gasteiger partial charge < -0.3 is 15.9 Å². The second-order valence-electron chi connectivity index (χ2n) is 2.75. The Bertz CT molecular complexity index is 384. The van der Waals surface area contributed by atoms with Crippen molar-refractivity contribution in [3.05, 3.63) is 0 Å². The molecule has 0 spiro atoms. The fourth-order valence-electron chi connectivity index (χ4n) is 0.397. The number of carbonyl (C=O) groups excluding carboxylic acids is 1. The molecule has 5 N–H and O–H groups in total. The van der Waals surface area contributed by atoms with E-state index in [2.05, 4.69) is 17.3 Å². The van der Waals surface area contributed by atoms with Gasteiger partial charge in [-0.1, -0.05) is 5.92 Å². The lowest BCUT2D eigenvalue weighted by Crippen LogP contribution is -2.26. The normalized spacial score (nSPS) is 9.26. The molecule has 0 saturated heterocycles. The summed E-state index contributed by atoms with van der Waals surface area (Å²) in [5, 5.41) is 17.5. The summed E-state index contributed by atoms with van der Waals surface area (Å²) in [6.07, 6.45) is -4.88. The van der Waals surface area contributed by atoms with Crippen LogP contribution in [0.1, 0.15) is 12.8 Å². The Balaban J connectivity index is 0. The van der Waals surface area contributed by atoms with Crippen LogP contribution in [0.2, 0.25) is 0 Å². The van der Waals surface area contributed by atoms with E-state index in [9.17, 15) is 22.8 Å². The molecule has 0 radical (unpaired) electrons. The molecule has 0 aliphatic carbocycles. The van der Waals surface area contributed by atoms with Crippen molar-refractivity contribution in [2.75, 3.05) is 6.54 Å². The number of carboxylic acid groups (broad SMARTS) is 2. The molecule has 0 heterocycles. The molecule has 0 aliphatic rings. The maximum absolute atomic E-state index is 10.6. The fourth-order valence-corrected chi connectivity index (χ4v) is 0.397. The average Bonchev–Trinajstić information content (AvgIpc) is 2.27. The smallest absolute Gasteiger partial charge is 0.481 e. The first kappa shape index (κ1) is 19.1. The van der Waals surface area contributed by atoms with Gasteiger partial charge in [0.1, 0.15) is 0 Å². The highest BCUT2D eigenvalue weighted by molar-refractivity contribution is 5.79. The average molecular weight is 284 g/mol. The van der Waals surface area contributed by atoms with Crippen LogP contribution in [0.4, 0.5) is 13.2 Å². The number of amides is 1. The Labute approximate surface area is 105 Å². The second kappa shape index (κ2) is 9.72. The van der Waals surface area contributed by atoms with E-state index in [1.54, 1.807) is 0 Å². The fraction of sp³-hybridized carbons (Fsp3) is 0.444. The molecule has 0 rings (SSSR count). The molecule has 0 fully saturated rings. The van der Waals surface area contributed by atoms with Gasteiger partial charge in [-0.15, -0.1) is 0 Å². The van der Waals surface area contributed by atoms with Gasteiger partial charge in [0.05, 0.1) is 13.0 Å². The lowest BCUT2D eigenvalue weighted by molar-refractivity contribution is -0.192. The van der Waals surface area contributed by atoms with Gasteiger partial charge in [0.2, 0.25) is 5.91 Å². The summed E-state index contributed by atoms with van der Waals surface area (Å²) >= 11 is 0. The van der Waals surface area contributed by atoms with Crippen LogP contribution in [0.3, 0.4) is 0 Å². The first-order valence-corrected chi connectivity index (χ1v) is 4.60. The first-order valence-electron chi connectivity index (χ1n) is 4.60. The Morgan fingerprint density at radius 1 is 1.21 bits per heavy atom. The molecule has 7 nitrogen and oxygen atoms in total. The number of hydrogen-bond acceptors (Lipinski definition) is 4. The highest BCUT2D eigenvalue weighted by Gasteiger charge is 2.38. The van der Waals surface area contributed by atoms with Gasteiger partial charge in [0, 0.05) is 12.5 Å². The third-order valence-corrected chi connectivity index (χ3v) is 1.18. The molecule has 1 amide bonds. The van der Waals surface area contributed by atoms with Crippen LogP contribution in [-0.2, 0) is 14.4 Å². The SMILES string of the molecule is NCC(=O)NC#CCCC(=O)O.O=C(O)C(F)(F)F. The summed E-state index contributed by atoms with van der Waals surface area (Å²) in [6, 6.07) is 2.30.